The van der Waals surface area contributed by atoms with Gasteiger partial charge in [0.25, 0.3) is 0 Å². The molecule has 0 atom stereocenters. The molecule has 104 valence electrons. The third-order valence-electron chi connectivity index (χ3n) is 2.49. The molecule has 7 heteroatoms. The molecule has 0 saturated carbocycles. The van der Waals surface area contributed by atoms with Crippen LogP contribution in [0.15, 0.2) is 39.5 Å². The number of benzene rings is 1. The monoisotopic (exact) mass is 292 g/mol. The van der Waals surface area contributed by atoms with Gasteiger partial charge in [0.2, 0.25) is 0 Å². The van der Waals surface area contributed by atoms with E-state index < -0.39 is 5.82 Å². The molecule has 0 amide bonds. The quantitative estimate of drug-likeness (QED) is 0.298. The summed E-state index contributed by atoms with van der Waals surface area (Å²) in [5.74, 6) is -0.617. The highest BCUT2D eigenvalue weighted by atomic mass is 32.2. The second-order valence-corrected chi connectivity index (χ2v) is 5.17. The Hall–Kier alpha value is -2.15. The van der Waals surface area contributed by atoms with Gasteiger partial charge in [-0.3, -0.25) is 0 Å². The zero-order valence-electron chi connectivity index (χ0n) is 11.0. The van der Waals surface area contributed by atoms with Crippen molar-refractivity contribution in [2.45, 2.75) is 23.9 Å². The van der Waals surface area contributed by atoms with E-state index in [-0.39, 0.29) is 5.84 Å². The minimum absolute atomic E-state index is 0.156. The van der Waals surface area contributed by atoms with Crippen molar-refractivity contribution in [3.05, 3.63) is 47.0 Å². The summed E-state index contributed by atoms with van der Waals surface area (Å²) in [5.41, 5.74) is 7.54. The Balaban J connectivity index is 2.43. The van der Waals surface area contributed by atoms with Gasteiger partial charge in [0.15, 0.2) is 11.0 Å². The van der Waals surface area contributed by atoms with Crippen LogP contribution in [0.2, 0.25) is 0 Å². The summed E-state index contributed by atoms with van der Waals surface area (Å²) in [6.07, 6.45) is 0. The van der Waals surface area contributed by atoms with E-state index >= 15 is 0 Å². The lowest BCUT2D eigenvalue weighted by molar-refractivity contribution is 0.318. The molecule has 0 saturated heterocycles. The Labute approximate surface area is 119 Å². The second kappa shape index (κ2) is 5.87. The molecule has 5 nitrogen and oxygen atoms in total. The smallest absolute Gasteiger partial charge is 0.192 e. The maximum atomic E-state index is 13.3. The highest BCUT2D eigenvalue weighted by Gasteiger charge is 2.12. The van der Waals surface area contributed by atoms with Crippen molar-refractivity contribution in [1.82, 2.24) is 9.97 Å². The van der Waals surface area contributed by atoms with E-state index in [4.69, 9.17) is 10.9 Å². The van der Waals surface area contributed by atoms with Crippen LogP contribution in [0.25, 0.3) is 0 Å². The Bertz CT molecular complexity index is 655. The normalized spacial score (nSPS) is 11.7. The maximum Gasteiger partial charge on any atom is 0.192 e. The predicted molar refractivity (Wildman–Crippen MR) is 74.5 cm³/mol. The van der Waals surface area contributed by atoms with Crippen LogP contribution in [0.5, 0.6) is 0 Å². The largest absolute Gasteiger partial charge is 0.409 e. The van der Waals surface area contributed by atoms with Crippen LogP contribution < -0.4 is 5.73 Å². The molecular formula is C13H13FN4OS. The molecule has 3 N–H and O–H groups in total. The molecular weight excluding hydrogens is 279 g/mol. The molecule has 1 heterocycles. The molecule has 0 fully saturated rings. The molecule has 1 aromatic carbocycles. The number of nitrogens with two attached hydrogens (primary N) is 1. The summed E-state index contributed by atoms with van der Waals surface area (Å²) in [4.78, 5) is 9.20. The first-order valence-electron chi connectivity index (χ1n) is 5.77. The fraction of sp³-hybridized carbons (Fsp3) is 0.154. The van der Waals surface area contributed by atoms with Crippen molar-refractivity contribution in [3.8, 4) is 0 Å². The molecule has 0 aliphatic carbocycles. The van der Waals surface area contributed by atoms with Gasteiger partial charge in [-0.2, -0.15) is 0 Å². The predicted octanol–water partition coefficient (Wildman–Crippen LogP) is 2.48. The zero-order chi connectivity index (χ0) is 14.7. The molecule has 2 rings (SSSR count). The van der Waals surface area contributed by atoms with Gasteiger partial charge in [-0.15, -0.1) is 0 Å². The summed E-state index contributed by atoms with van der Waals surface area (Å²) < 4.78 is 13.3. The number of nitrogens with zero attached hydrogens (tertiary/aromatic N) is 3. The van der Waals surface area contributed by atoms with Gasteiger partial charge in [-0.25, -0.2) is 14.4 Å². The van der Waals surface area contributed by atoms with E-state index in [9.17, 15) is 4.39 Å². The highest BCUT2D eigenvalue weighted by molar-refractivity contribution is 7.99. The molecule has 0 spiro atoms. The molecule has 2 aromatic rings. The number of aromatic nitrogens is 2. The average molecular weight is 292 g/mol. The van der Waals surface area contributed by atoms with Gasteiger partial charge in [0.1, 0.15) is 5.82 Å². The first-order valence-corrected chi connectivity index (χ1v) is 6.59. The number of rotatable bonds is 3. The third-order valence-corrected chi connectivity index (χ3v) is 3.43. The fourth-order valence-electron chi connectivity index (χ4n) is 1.68. The van der Waals surface area contributed by atoms with Gasteiger partial charge in [-0.1, -0.05) is 5.16 Å². The number of oxime groups is 1. The molecule has 0 aliphatic heterocycles. The average Bonchev–Trinajstić information content (AvgIpc) is 2.38. The van der Waals surface area contributed by atoms with Gasteiger partial charge in [0.05, 0.1) is 0 Å². The minimum Gasteiger partial charge on any atom is -0.409 e. The minimum atomic E-state index is -0.461. The molecule has 1 aromatic heterocycles. The standard InChI is InChI=1S/C13H13FN4OS/c1-7-5-8(2)17-13(16-7)20-11-4-3-9(14)6-10(11)12(15)18-19/h3-6,19H,1-2H3,(H2,15,18). The number of hydrogen-bond acceptors (Lipinski definition) is 5. The molecule has 0 bridgehead atoms. The highest BCUT2D eigenvalue weighted by Crippen LogP contribution is 2.28. The first-order chi connectivity index (χ1) is 9.49. The first kappa shape index (κ1) is 14.3. The van der Waals surface area contributed by atoms with E-state index in [2.05, 4.69) is 15.1 Å². The molecule has 0 aliphatic rings. The summed E-state index contributed by atoms with van der Waals surface area (Å²) in [6.45, 7) is 3.74. The van der Waals surface area contributed by atoms with E-state index in [0.717, 1.165) is 11.4 Å². The lowest BCUT2D eigenvalue weighted by Gasteiger charge is -2.08. The van der Waals surface area contributed by atoms with Crippen molar-refractivity contribution in [2.75, 3.05) is 0 Å². The molecule has 0 unspecified atom stereocenters. The van der Waals surface area contributed by atoms with Crippen molar-refractivity contribution >= 4 is 17.6 Å². The van der Waals surface area contributed by atoms with Crippen LogP contribution in [-0.2, 0) is 0 Å². The van der Waals surface area contributed by atoms with Crippen LogP contribution in [-0.4, -0.2) is 21.0 Å². The van der Waals surface area contributed by atoms with Crippen molar-refractivity contribution < 1.29 is 9.60 Å². The van der Waals surface area contributed by atoms with Gasteiger partial charge >= 0.3 is 0 Å². The van der Waals surface area contributed by atoms with Crippen molar-refractivity contribution in [3.63, 3.8) is 0 Å². The third kappa shape index (κ3) is 3.24. The van der Waals surface area contributed by atoms with Crippen molar-refractivity contribution in [1.29, 1.82) is 0 Å². The summed E-state index contributed by atoms with van der Waals surface area (Å²) in [6, 6.07) is 5.92. The Kier molecular flexibility index (Phi) is 4.19. The Morgan fingerprint density at radius 1 is 1.25 bits per heavy atom. The van der Waals surface area contributed by atoms with Crippen LogP contribution in [0, 0.1) is 19.7 Å². The SMILES string of the molecule is Cc1cc(C)nc(Sc2ccc(F)cc2C(N)=NO)n1. The zero-order valence-corrected chi connectivity index (χ0v) is 11.8. The van der Waals surface area contributed by atoms with Crippen LogP contribution in [0.1, 0.15) is 17.0 Å². The Morgan fingerprint density at radius 2 is 1.90 bits per heavy atom. The topological polar surface area (TPSA) is 84.4 Å². The number of aryl methyl sites for hydroxylation is 2. The Morgan fingerprint density at radius 3 is 2.50 bits per heavy atom. The van der Waals surface area contributed by atoms with Crippen molar-refractivity contribution in [2.24, 2.45) is 10.9 Å². The van der Waals surface area contributed by atoms with Crippen LogP contribution >= 0.6 is 11.8 Å². The number of halogens is 1. The number of amidine groups is 1. The lowest BCUT2D eigenvalue weighted by Crippen LogP contribution is -2.14. The van der Waals surface area contributed by atoms with E-state index in [1.807, 2.05) is 19.9 Å². The fourth-order valence-corrected chi connectivity index (χ4v) is 2.67. The van der Waals surface area contributed by atoms with E-state index in [0.29, 0.717) is 15.6 Å². The second-order valence-electron chi connectivity index (χ2n) is 4.16. The molecule has 20 heavy (non-hydrogen) atoms. The van der Waals surface area contributed by atoms with Crippen LogP contribution in [0.3, 0.4) is 0 Å². The van der Waals surface area contributed by atoms with E-state index in [1.54, 1.807) is 6.07 Å². The van der Waals surface area contributed by atoms with Gasteiger partial charge in [-0.05, 0) is 49.9 Å². The summed E-state index contributed by atoms with van der Waals surface area (Å²) in [5, 5.41) is 12.2. The maximum absolute atomic E-state index is 13.3. The molecule has 0 radical (unpaired) electrons. The number of hydrogen-bond donors (Lipinski definition) is 2. The van der Waals surface area contributed by atoms with E-state index in [1.165, 1.54) is 23.9 Å². The van der Waals surface area contributed by atoms with Crippen LogP contribution in [0.4, 0.5) is 4.39 Å². The summed E-state index contributed by atoms with van der Waals surface area (Å²) >= 11 is 1.23. The lowest BCUT2D eigenvalue weighted by atomic mass is 10.2. The summed E-state index contributed by atoms with van der Waals surface area (Å²) in [7, 11) is 0. The van der Waals surface area contributed by atoms with Gasteiger partial charge < -0.3 is 10.9 Å². The van der Waals surface area contributed by atoms with Gasteiger partial charge in [0, 0.05) is 21.8 Å².